The van der Waals surface area contributed by atoms with Crippen molar-refractivity contribution < 1.29 is 9.59 Å². The Bertz CT molecular complexity index is 1060. The van der Waals surface area contributed by atoms with Gasteiger partial charge in [-0.2, -0.15) is 0 Å². The summed E-state index contributed by atoms with van der Waals surface area (Å²) in [5.41, 5.74) is 0.763. The lowest BCUT2D eigenvalue weighted by molar-refractivity contribution is 0.0519. The van der Waals surface area contributed by atoms with Crippen LogP contribution in [0.15, 0.2) is 47.5 Å². The van der Waals surface area contributed by atoms with Crippen LogP contribution in [0, 0.1) is 11.8 Å². The number of nitrogens with one attached hydrogen (secondary N) is 1. The van der Waals surface area contributed by atoms with Crippen molar-refractivity contribution in [2.45, 2.75) is 57.5 Å². The first-order valence-corrected chi connectivity index (χ1v) is 12.0. The Hall–Kier alpha value is -2.89. The third-order valence-electron chi connectivity index (χ3n) is 7.25. The van der Waals surface area contributed by atoms with E-state index >= 15 is 0 Å². The number of nitrogens with zero attached hydrogens (tertiary/aromatic N) is 2. The summed E-state index contributed by atoms with van der Waals surface area (Å²) in [7, 11) is 0. The molecule has 1 aromatic heterocycles. The number of aromatic nitrogens is 1. The zero-order valence-corrected chi connectivity index (χ0v) is 18.5. The van der Waals surface area contributed by atoms with Crippen molar-refractivity contribution in [1.29, 1.82) is 0 Å². The number of benzene rings is 1. The number of carbonyl (C=O) groups excluding carboxylic acids is 2. The molecule has 2 aromatic rings. The maximum absolute atomic E-state index is 13.5. The summed E-state index contributed by atoms with van der Waals surface area (Å²) in [4.78, 5) is 41.4. The van der Waals surface area contributed by atoms with Gasteiger partial charge in [-0.1, -0.05) is 49.6 Å². The number of piperidine rings is 1. The molecule has 5 rings (SSSR count). The van der Waals surface area contributed by atoms with Crippen LogP contribution in [0.5, 0.6) is 0 Å². The minimum absolute atomic E-state index is 0.0613. The molecule has 1 N–H and O–H groups in total. The fourth-order valence-electron chi connectivity index (χ4n) is 5.28. The van der Waals surface area contributed by atoms with Crippen molar-refractivity contribution in [2.24, 2.45) is 11.8 Å². The number of hydrogen-bond donors (Lipinski definition) is 1. The normalized spacial score (nSPS) is 22.8. The van der Waals surface area contributed by atoms with E-state index in [0.29, 0.717) is 24.9 Å². The van der Waals surface area contributed by atoms with Crippen LogP contribution >= 0.6 is 0 Å². The van der Waals surface area contributed by atoms with Gasteiger partial charge in [0, 0.05) is 38.1 Å². The molecule has 3 aliphatic rings. The molecule has 1 aliphatic heterocycles. The van der Waals surface area contributed by atoms with Gasteiger partial charge in [-0.15, -0.1) is 0 Å². The fourth-order valence-corrected chi connectivity index (χ4v) is 5.28. The summed E-state index contributed by atoms with van der Waals surface area (Å²) in [6, 6.07) is 10.0. The first-order valence-electron chi connectivity index (χ1n) is 12.0. The minimum atomic E-state index is -0.455. The van der Waals surface area contributed by atoms with Crippen LogP contribution in [-0.4, -0.2) is 40.4 Å². The number of rotatable bonds is 5. The lowest BCUT2D eigenvalue weighted by Crippen LogP contribution is -2.46. The van der Waals surface area contributed by atoms with E-state index in [4.69, 9.17) is 0 Å². The zero-order chi connectivity index (χ0) is 22.1. The summed E-state index contributed by atoms with van der Waals surface area (Å²) < 4.78 is 1.80. The first kappa shape index (κ1) is 21.0. The standard InChI is InChI=1S/C26H31N3O3/c30-24-22(25(31)27-21-10-11-21)16-28(14-18-6-2-1-3-7-18)17-23(24)26(32)29-13-12-19-8-4-5-9-20(19)15-29/h1-3,6-7,16-17,19-21H,4-5,8-15H2,(H,27,31)/t19-,20-/m0/s1. The van der Waals surface area contributed by atoms with Crippen molar-refractivity contribution in [3.63, 3.8) is 0 Å². The van der Waals surface area contributed by atoms with Gasteiger partial charge in [0.1, 0.15) is 11.1 Å². The lowest BCUT2D eigenvalue weighted by atomic mass is 9.75. The zero-order valence-electron chi connectivity index (χ0n) is 18.5. The van der Waals surface area contributed by atoms with Gasteiger partial charge in [-0.3, -0.25) is 14.4 Å². The van der Waals surface area contributed by atoms with E-state index in [1.807, 2.05) is 35.2 Å². The molecule has 0 unspecified atom stereocenters. The van der Waals surface area contributed by atoms with Gasteiger partial charge in [0.2, 0.25) is 5.43 Å². The third kappa shape index (κ3) is 4.50. The molecule has 2 amide bonds. The Kier molecular flexibility index (Phi) is 5.85. The lowest BCUT2D eigenvalue weighted by Gasteiger charge is -2.41. The summed E-state index contributed by atoms with van der Waals surface area (Å²) in [5.74, 6) is 0.634. The molecular weight excluding hydrogens is 402 g/mol. The fraction of sp³-hybridized carbons (Fsp3) is 0.500. The van der Waals surface area contributed by atoms with Gasteiger partial charge in [-0.05, 0) is 43.1 Å². The Morgan fingerprint density at radius 1 is 0.906 bits per heavy atom. The topological polar surface area (TPSA) is 71.4 Å². The predicted octanol–water partition coefficient (Wildman–Crippen LogP) is 3.44. The summed E-state index contributed by atoms with van der Waals surface area (Å²) in [6.07, 6.45) is 11.1. The van der Waals surface area contributed by atoms with Crippen molar-refractivity contribution >= 4 is 11.8 Å². The smallest absolute Gasteiger partial charge is 0.259 e. The van der Waals surface area contributed by atoms with Gasteiger partial charge in [-0.25, -0.2) is 0 Å². The Morgan fingerprint density at radius 3 is 2.38 bits per heavy atom. The average Bonchev–Trinajstić information content (AvgIpc) is 3.64. The van der Waals surface area contributed by atoms with Gasteiger partial charge >= 0.3 is 0 Å². The summed E-state index contributed by atoms with van der Waals surface area (Å²) in [6.45, 7) is 1.91. The second-order valence-electron chi connectivity index (χ2n) is 9.66. The molecule has 6 nitrogen and oxygen atoms in total. The van der Waals surface area contributed by atoms with E-state index in [1.54, 1.807) is 17.0 Å². The van der Waals surface area contributed by atoms with E-state index in [-0.39, 0.29) is 29.0 Å². The van der Waals surface area contributed by atoms with Crippen molar-refractivity contribution in [1.82, 2.24) is 14.8 Å². The van der Waals surface area contributed by atoms with Gasteiger partial charge in [0.15, 0.2) is 0 Å². The quantitative estimate of drug-likeness (QED) is 0.785. The highest BCUT2D eigenvalue weighted by Crippen LogP contribution is 2.36. The van der Waals surface area contributed by atoms with E-state index in [9.17, 15) is 14.4 Å². The molecule has 3 fully saturated rings. The molecule has 2 heterocycles. The Balaban J connectivity index is 1.45. The maximum Gasteiger partial charge on any atom is 0.259 e. The van der Waals surface area contributed by atoms with Crippen LogP contribution in [0.2, 0.25) is 0 Å². The van der Waals surface area contributed by atoms with Gasteiger partial charge in [0.25, 0.3) is 11.8 Å². The molecule has 0 bridgehead atoms. The van der Waals surface area contributed by atoms with Crippen LogP contribution in [0.4, 0.5) is 0 Å². The Morgan fingerprint density at radius 2 is 1.62 bits per heavy atom. The minimum Gasteiger partial charge on any atom is -0.349 e. The van der Waals surface area contributed by atoms with Crippen LogP contribution in [0.3, 0.4) is 0 Å². The molecule has 6 heteroatoms. The van der Waals surface area contributed by atoms with Crippen LogP contribution in [0.25, 0.3) is 0 Å². The van der Waals surface area contributed by atoms with Crippen LogP contribution in [0.1, 0.15) is 71.2 Å². The second-order valence-corrected chi connectivity index (χ2v) is 9.66. The highest BCUT2D eigenvalue weighted by Gasteiger charge is 2.34. The molecule has 1 saturated heterocycles. The molecule has 32 heavy (non-hydrogen) atoms. The monoisotopic (exact) mass is 433 g/mol. The molecule has 2 saturated carbocycles. The number of pyridine rings is 1. The van der Waals surface area contributed by atoms with Crippen LogP contribution < -0.4 is 10.7 Å². The molecule has 2 aliphatic carbocycles. The second kappa shape index (κ2) is 8.93. The van der Waals surface area contributed by atoms with Crippen molar-refractivity contribution in [3.8, 4) is 0 Å². The summed E-state index contributed by atoms with van der Waals surface area (Å²) >= 11 is 0. The van der Waals surface area contributed by atoms with Crippen molar-refractivity contribution in [3.05, 3.63) is 69.6 Å². The van der Waals surface area contributed by atoms with E-state index in [2.05, 4.69) is 5.32 Å². The van der Waals surface area contributed by atoms with Crippen molar-refractivity contribution in [2.75, 3.05) is 13.1 Å². The molecule has 0 radical (unpaired) electrons. The third-order valence-corrected chi connectivity index (χ3v) is 7.25. The van der Waals surface area contributed by atoms with E-state index in [0.717, 1.165) is 37.8 Å². The predicted molar refractivity (Wildman–Crippen MR) is 123 cm³/mol. The highest BCUT2D eigenvalue weighted by molar-refractivity contribution is 5.99. The van der Waals surface area contributed by atoms with Gasteiger partial charge in [0.05, 0.1) is 0 Å². The van der Waals surface area contributed by atoms with Crippen LogP contribution in [-0.2, 0) is 6.54 Å². The van der Waals surface area contributed by atoms with E-state index < -0.39 is 5.43 Å². The van der Waals surface area contributed by atoms with E-state index in [1.165, 1.54) is 19.3 Å². The average molecular weight is 434 g/mol. The molecule has 168 valence electrons. The maximum atomic E-state index is 13.5. The number of likely N-dealkylation sites (tertiary alicyclic amines) is 1. The Labute approximate surface area is 188 Å². The number of hydrogen-bond acceptors (Lipinski definition) is 3. The molecule has 1 aromatic carbocycles. The molecule has 2 atom stereocenters. The highest BCUT2D eigenvalue weighted by atomic mass is 16.2. The first-order chi connectivity index (χ1) is 15.6. The number of amides is 2. The molecule has 0 spiro atoms. The SMILES string of the molecule is O=C(NC1CC1)c1cn(Cc2ccccc2)cc(C(=O)N2CC[C@@H]3CCCC[C@H]3C2)c1=O. The largest absolute Gasteiger partial charge is 0.349 e. The summed E-state index contributed by atoms with van der Waals surface area (Å²) in [5, 5.41) is 2.91. The number of carbonyl (C=O) groups is 2. The number of fused-ring (bicyclic) bond motifs is 1. The van der Waals surface area contributed by atoms with Gasteiger partial charge < -0.3 is 14.8 Å². The molecular formula is C26H31N3O3.